The molecule has 0 aromatic heterocycles. The number of ketones is 1. The van der Waals surface area contributed by atoms with Crippen LogP contribution >= 0.6 is 0 Å². The van der Waals surface area contributed by atoms with Gasteiger partial charge in [0.15, 0.2) is 11.9 Å². The Morgan fingerprint density at radius 2 is 1.60 bits per heavy atom. The Morgan fingerprint density at radius 1 is 0.933 bits per heavy atom. The van der Waals surface area contributed by atoms with Crippen LogP contribution < -0.4 is 10.6 Å². The molecule has 0 aliphatic heterocycles. The molecule has 0 saturated carbocycles. The molecule has 0 radical (unpaired) electrons. The third kappa shape index (κ3) is 9.08. The Kier molecular flexibility index (Phi) is 12.0. The van der Waals surface area contributed by atoms with Gasteiger partial charge in [-0.3, -0.25) is 14.4 Å². The number of carbonyl (C=O) groups excluding carboxylic acids is 3. The van der Waals surface area contributed by atoms with E-state index in [1.54, 1.807) is 0 Å². The number of hydrogen-bond acceptors (Lipinski definition) is 4. The first-order valence-corrected chi connectivity index (χ1v) is 11.1. The number of carbonyl (C=O) groups is 3. The van der Waals surface area contributed by atoms with E-state index in [2.05, 4.69) is 17.6 Å². The molecule has 168 valence electrons. The van der Waals surface area contributed by atoms with Crippen LogP contribution in [0.1, 0.15) is 71.8 Å². The van der Waals surface area contributed by atoms with Crippen molar-refractivity contribution >= 4 is 17.6 Å². The van der Waals surface area contributed by atoms with E-state index in [9.17, 15) is 19.5 Å². The molecule has 0 bridgehead atoms. The molecule has 6 nitrogen and oxygen atoms in total. The maximum atomic E-state index is 12.7. The van der Waals surface area contributed by atoms with Gasteiger partial charge in [0.05, 0.1) is 12.1 Å². The second-order valence-corrected chi connectivity index (χ2v) is 8.11. The molecule has 4 atom stereocenters. The number of rotatable bonds is 14. The highest BCUT2D eigenvalue weighted by atomic mass is 16.3. The number of unbranched alkanes of at least 4 members (excludes halogenated alkanes) is 2. The lowest BCUT2D eigenvalue weighted by Gasteiger charge is -2.26. The lowest BCUT2D eigenvalue weighted by Crippen LogP contribution is -2.54. The standard InChI is InChI=1S/C24H38N2O4/c1-5-7-9-15-20(25-23(29)17(3)12-6-2)22(28)24(30)26-21(18(4)27)16-19-13-10-8-11-14-19/h8,10-11,13-14,17,20-22,28H,5-7,9,12,15-16H2,1-4H3,(H,25,29)(H,26,30). The van der Waals surface area contributed by atoms with Gasteiger partial charge >= 0.3 is 0 Å². The molecule has 0 fully saturated rings. The Morgan fingerprint density at radius 3 is 2.17 bits per heavy atom. The first-order chi connectivity index (χ1) is 14.3. The highest BCUT2D eigenvalue weighted by Gasteiger charge is 2.30. The van der Waals surface area contributed by atoms with Crippen molar-refractivity contribution in [2.45, 2.75) is 90.8 Å². The summed E-state index contributed by atoms with van der Waals surface area (Å²) in [6.45, 7) is 7.35. The minimum absolute atomic E-state index is 0.155. The molecule has 0 saturated heterocycles. The summed E-state index contributed by atoms with van der Waals surface area (Å²) in [6, 6.07) is 8.02. The molecule has 30 heavy (non-hydrogen) atoms. The van der Waals surface area contributed by atoms with Gasteiger partial charge in [0, 0.05) is 5.92 Å². The summed E-state index contributed by atoms with van der Waals surface area (Å²) in [5.41, 5.74) is 0.925. The van der Waals surface area contributed by atoms with Gasteiger partial charge in [0.1, 0.15) is 0 Å². The molecule has 4 unspecified atom stereocenters. The molecule has 0 aliphatic rings. The van der Waals surface area contributed by atoms with E-state index in [-0.39, 0.29) is 17.6 Å². The van der Waals surface area contributed by atoms with Crippen molar-refractivity contribution in [2.24, 2.45) is 5.92 Å². The maximum absolute atomic E-state index is 12.7. The molecule has 1 rings (SSSR count). The zero-order valence-electron chi connectivity index (χ0n) is 18.8. The molecule has 0 aliphatic carbocycles. The summed E-state index contributed by atoms with van der Waals surface area (Å²) in [5, 5.41) is 16.2. The van der Waals surface area contributed by atoms with Crippen LogP contribution in [0.15, 0.2) is 30.3 Å². The summed E-state index contributed by atoms with van der Waals surface area (Å²) in [7, 11) is 0. The van der Waals surface area contributed by atoms with Crippen molar-refractivity contribution in [3.63, 3.8) is 0 Å². The maximum Gasteiger partial charge on any atom is 0.251 e. The van der Waals surface area contributed by atoms with Crippen LogP contribution in [0.5, 0.6) is 0 Å². The Bertz CT molecular complexity index is 662. The lowest BCUT2D eigenvalue weighted by atomic mass is 9.98. The minimum atomic E-state index is -1.41. The van der Waals surface area contributed by atoms with Gasteiger partial charge < -0.3 is 15.7 Å². The van der Waals surface area contributed by atoms with Crippen molar-refractivity contribution in [1.82, 2.24) is 10.6 Å². The highest BCUT2D eigenvalue weighted by molar-refractivity contribution is 5.90. The molecule has 1 aromatic carbocycles. The van der Waals surface area contributed by atoms with Crippen molar-refractivity contribution in [2.75, 3.05) is 0 Å². The third-order valence-corrected chi connectivity index (χ3v) is 5.36. The predicted molar refractivity (Wildman–Crippen MR) is 119 cm³/mol. The zero-order valence-corrected chi connectivity index (χ0v) is 18.8. The monoisotopic (exact) mass is 418 g/mol. The zero-order chi connectivity index (χ0) is 22.5. The van der Waals surface area contributed by atoms with E-state index in [1.165, 1.54) is 6.92 Å². The average Bonchev–Trinajstić information content (AvgIpc) is 2.72. The third-order valence-electron chi connectivity index (χ3n) is 5.36. The predicted octanol–water partition coefficient (Wildman–Crippen LogP) is 3.17. The molecule has 0 spiro atoms. The van der Waals surface area contributed by atoms with E-state index >= 15 is 0 Å². The number of aliphatic hydroxyl groups excluding tert-OH is 1. The normalized spacial score (nSPS) is 15.0. The molecular formula is C24H38N2O4. The van der Waals surface area contributed by atoms with E-state index in [4.69, 9.17) is 0 Å². The smallest absolute Gasteiger partial charge is 0.251 e. The van der Waals surface area contributed by atoms with Crippen molar-refractivity contribution in [3.8, 4) is 0 Å². The first kappa shape index (κ1) is 25.8. The Balaban J connectivity index is 2.82. The Labute approximate surface area is 180 Å². The second kappa shape index (κ2) is 13.9. The summed E-state index contributed by atoms with van der Waals surface area (Å²) in [4.78, 5) is 37.3. The van der Waals surface area contributed by atoms with Crippen LogP contribution in [-0.4, -0.2) is 40.9 Å². The topological polar surface area (TPSA) is 95.5 Å². The summed E-state index contributed by atoms with van der Waals surface area (Å²) >= 11 is 0. The number of aliphatic hydroxyl groups is 1. The lowest BCUT2D eigenvalue weighted by molar-refractivity contribution is -0.135. The second-order valence-electron chi connectivity index (χ2n) is 8.11. The van der Waals surface area contributed by atoms with Crippen LogP contribution in [0, 0.1) is 5.92 Å². The molecular weight excluding hydrogens is 380 g/mol. The molecule has 6 heteroatoms. The van der Waals surface area contributed by atoms with Crippen LogP contribution in [-0.2, 0) is 20.8 Å². The number of Topliss-reactive ketones (excluding diaryl/α,β-unsaturated/α-hetero) is 1. The Hall–Kier alpha value is -2.21. The quantitative estimate of drug-likeness (QED) is 0.404. The summed E-state index contributed by atoms with van der Waals surface area (Å²) in [6.07, 6.45) is 3.85. The SMILES string of the molecule is CCCCCC(NC(=O)C(C)CCC)C(O)C(=O)NC(Cc1ccccc1)C(C)=O. The van der Waals surface area contributed by atoms with Crippen molar-refractivity contribution in [1.29, 1.82) is 0 Å². The van der Waals surface area contributed by atoms with E-state index < -0.39 is 24.1 Å². The summed E-state index contributed by atoms with van der Waals surface area (Å²) in [5.74, 6) is -1.14. The van der Waals surface area contributed by atoms with Crippen LogP contribution in [0.4, 0.5) is 0 Å². The molecule has 2 amide bonds. The van der Waals surface area contributed by atoms with Gasteiger partial charge in [0.25, 0.3) is 5.91 Å². The largest absolute Gasteiger partial charge is 0.381 e. The van der Waals surface area contributed by atoms with E-state index in [0.717, 1.165) is 37.7 Å². The molecule has 3 N–H and O–H groups in total. The van der Waals surface area contributed by atoms with Crippen LogP contribution in [0.25, 0.3) is 0 Å². The minimum Gasteiger partial charge on any atom is -0.381 e. The fourth-order valence-corrected chi connectivity index (χ4v) is 3.40. The van der Waals surface area contributed by atoms with Gasteiger partial charge in [-0.25, -0.2) is 0 Å². The molecule has 1 aromatic rings. The van der Waals surface area contributed by atoms with Gasteiger partial charge in [-0.1, -0.05) is 76.8 Å². The van der Waals surface area contributed by atoms with Crippen molar-refractivity contribution < 1.29 is 19.5 Å². The average molecular weight is 419 g/mol. The van der Waals surface area contributed by atoms with Gasteiger partial charge in [-0.05, 0) is 31.7 Å². The van der Waals surface area contributed by atoms with E-state index in [1.807, 2.05) is 44.2 Å². The van der Waals surface area contributed by atoms with Crippen molar-refractivity contribution in [3.05, 3.63) is 35.9 Å². The van der Waals surface area contributed by atoms with Gasteiger partial charge in [-0.2, -0.15) is 0 Å². The fraction of sp³-hybridized carbons (Fsp3) is 0.625. The van der Waals surface area contributed by atoms with Gasteiger partial charge in [0.2, 0.25) is 5.91 Å². The highest BCUT2D eigenvalue weighted by Crippen LogP contribution is 2.12. The molecule has 0 heterocycles. The number of amides is 2. The number of nitrogens with one attached hydrogen (secondary N) is 2. The van der Waals surface area contributed by atoms with E-state index in [0.29, 0.717) is 12.8 Å². The number of hydrogen-bond donors (Lipinski definition) is 3. The van der Waals surface area contributed by atoms with Crippen LogP contribution in [0.3, 0.4) is 0 Å². The summed E-state index contributed by atoms with van der Waals surface area (Å²) < 4.78 is 0. The van der Waals surface area contributed by atoms with Gasteiger partial charge in [-0.15, -0.1) is 0 Å². The fourth-order valence-electron chi connectivity index (χ4n) is 3.40. The first-order valence-electron chi connectivity index (χ1n) is 11.1. The van der Waals surface area contributed by atoms with Crippen LogP contribution in [0.2, 0.25) is 0 Å². The number of benzene rings is 1.